The van der Waals surface area contributed by atoms with Crippen LogP contribution >= 0.6 is 15.9 Å². The van der Waals surface area contributed by atoms with Gasteiger partial charge in [-0.25, -0.2) is 0 Å². The molecule has 0 aliphatic heterocycles. The summed E-state index contributed by atoms with van der Waals surface area (Å²) >= 11 is 3.52. The van der Waals surface area contributed by atoms with Crippen molar-refractivity contribution in [3.05, 3.63) is 63.3 Å². The molecule has 1 amide bonds. The number of hydrogen-bond donors (Lipinski definition) is 1. The maximum absolute atomic E-state index is 12.7. The SMILES string of the molecule is COc1ccc(OC)c(C(C)NC(=O)c2ccc(Cn3nc(C)c(Br)c3C)o2)c1. The highest BCUT2D eigenvalue weighted by Gasteiger charge is 2.19. The quantitative estimate of drug-likeness (QED) is 0.563. The Hall–Kier alpha value is -2.74. The Morgan fingerprint density at radius 1 is 1.24 bits per heavy atom. The van der Waals surface area contributed by atoms with E-state index in [2.05, 4.69) is 26.3 Å². The van der Waals surface area contributed by atoms with Gasteiger partial charge in [0.25, 0.3) is 5.91 Å². The summed E-state index contributed by atoms with van der Waals surface area (Å²) < 4.78 is 19.2. The average Bonchev–Trinajstić information content (AvgIpc) is 3.28. The highest BCUT2D eigenvalue weighted by molar-refractivity contribution is 9.10. The standard InChI is InChI=1S/C21H24BrN3O4/c1-12(17-10-15(27-4)6-8-18(17)28-5)23-21(26)19-9-7-16(29-19)11-25-14(3)20(22)13(2)24-25/h6-10,12H,11H2,1-5H3,(H,23,26). The predicted molar refractivity (Wildman–Crippen MR) is 113 cm³/mol. The normalized spacial score (nSPS) is 11.9. The average molecular weight is 462 g/mol. The van der Waals surface area contributed by atoms with Crippen molar-refractivity contribution in [2.75, 3.05) is 14.2 Å². The van der Waals surface area contributed by atoms with Gasteiger partial charge in [0.2, 0.25) is 0 Å². The number of carbonyl (C=O) groups excluding carboxylic acids is 1. The van der Waals surface area contributed by atoms with E-state index >= 15 is 0 Å². The van der Waals surface area contributed by atoms with Crippen LogP contribution in [0.5, 0.6) is 11.5 Å². The number of methoxy groups -OCH3 is 2. The van der Waals surface area contributed by atoms with Crippen LogP contribution < -0.4 is 14.8 Å². The van der Waals surface area contributed by atoms with Crippen LogP contribution in [0.2, 0.25) is 0 Å². The van der Waals surface area contributed by atoms with E-state index in [-0.39, 0.29) is 17.7 Å². The Morgan fingerprint density at radius 3 is 2.62 bits per heavy atom. The molecule has 1 N–H and O–H groups in total. The minimum absolute atomic E-state index is 0.245. The van der Waals surface area contributed by atoms with E-state index in [1.54, 1.807) is 26.4 Å². The number of nitrogens with one attached hydrogen (secondary N) is 1. The van der Waals surface area contributed by atoms with Crippen molar-refractivity contribution >= 4 is 21.8 Å². The summed E-state index contributed by atoms with van der Waals surface area (Å²) in [6, 6.07) is 8.63. The fraction of sp³-hybridized carbons (Fsp3) is 0.333. The number of furan rings is 1. The molecule has 0 aliphatic carbocycles. The zero-order valence-electron chi connectivity index (χ0n) is 17.1. The van der Waals surface area contributed by atoms with Gasteiger partial charge in [-0.1, -0.05) is 0 Å². The molecule has 7 nitrogen and oxygen atoms in total. The summed E-state index contributed by atoms with van der Waals surface area (Å²) in [4.78, 5) is 12.7. The Labute approximate surface area is 178 Å². The fourth-order valence-electron chi connectivity index (χ4n) is 3.08. The first-order valence-electron chi connectivity index (χ1n) is 9.15. The zero-order chi connectivity index (χ0) is 21.1. The zero-order valence-corrected chi connectivity index (χ0v) is 18.7. The molecule has 154 valence electrons. The molecule has 0 saturated carbocycles. The highest BCUT2D eigenvalue weighted by atomic mass is 79.9. The minimum atomic E-state index is -0.303. The Morgan fingerprint density at radius 2 is 2.00 bits per heavy atom. The minimum Gasteiger partial charge on any atom is -0.497 e. The second-order valence-corrected chi connectivity index (χ2v) is 7.50. The van der Waals surface area contributed by atoms with Gasteiger partial charge in [0.05, 0.1) is 42.7 Å². The van der Waals surface area contributed by atoms with E-state index < -0.39 is 0 Å². The second-order valence-electron chi connectivity index (χ2n) is 6.71. The van der Waals surface area contributed by atoms with Crippen LogP contribution in [0.1, 0.15) is 46.2 Å². The molecule has 3 rings (SSSR count). The fourth-order valence-corrected chi connectivity index (χ4v) is 3.37. The van der Waals surface area contributed by atoms with Crippen molar-refractivity contribution in [2.45, 2.75) is 33.4 Å². The number of benzene rings is 1. The summed E-state index contributed by atoms with van der Waals surface area (Å²) in [7, 11) is 3.19. The van der Waals surface area contributed by atoms with Gasteiger partial charge in [0.15, 0.2) is 5.76 Å². The van der Waals surface area contributed by atoms with E-state index in [0.717, 1.165) is 21.4 Å². The predicted octanol–water partition coefficient (Wildman–Crippen LogP) is 4.41. The molecule has 0 bridgehead atoms. The second kappa shape index (κ2) is 8.73. The number of halogens is 1. The van der Waals surface area contributed by atoms with E-state index in [1.165, 1.54) is 0 Å². The first-order valence-corrected chi connectivity index (χ1v) is 9.94. The van der Waals surface area contributed by atoms with Crippen molar-refractivity contribution in [1.82, 2.24) is 15.1 Å². The van der Waals surface area contributed by atoms with Gasteiger partial charge < -0.3 is 19.2 Å². The van der Waals surface area contributed by atoms with Gasteiger partial charge in [0, 0.05) is 5.56 Å². The molecule has 2 heterocycles. The van der Waals surface area contributed by atoms with E-state index in [1.807, 2.05) is 43.7 Å². The molecule has 2 aromatic heterocycles. The molecular weight excluding hydrogens is 438 g/mol. The molecule has 0 spiro atoms. The number of aryl methyl sites for hydroxylation is 1. The van der Waals surface area contributed by atoms with Gasteiger partial charge in [-0.15, -0.1) is 0 Å². The van der Waals surface area contributed by atoms with Gasteiger partial charge in [-0.2, -0.15) is 5.10 Å². The molecule has 0 radical (unpaired) electrons. The first-order chi connectivity index (χ1) is 13.8. The van der Waals surface area contributed by atoms with Gasteiger partial charge in [-0.3, -0.25) is 9.48 Å². The monoisotopic (exact) mass is 461 g/mol. The summed E-state index contributed by atoms with van der Waals surface area (Å²) in [6.45, 7) is 6.24. The van der Waals surface area contributed by atoms with E-state index in [0.29, 0.717) is 23.8 Å². The first kappa shape index (κ1) is 21.0. The molecule has 8 heteroatoms. The number of rotatable bonds is 7. The number of amides is 1. The van der Waals surface area contributed by atoms with Crippen molar-refractivity contribution < 1.29 is 18.7 Å². The van der Waals surface area contributed by atoms with Crippen LogP contribution in [0.25, 0.3) is 0 Å². The Kier molecular flexibility index (Phi) is 6.32. The molecule has 29 heavy (non-hydrogen) atoms. The lowest BCUT2D eigenvalue weighted by Gasteiger charge is -2.17. The van der Waals surface area contributed by atoms with Crippen LogP contribution in [-0.2, 0) is 6.54 Å². The van der Waals surface area contributed by atoms with Crippen molar-refractivity contribution in [3.8, 4) is 11.5 Å². The maximum atomic E-state index is 12.7. The van der Waals surface area contributed by atoms with Crippen molar-refractivity contribution in [1.29, 1.82) is 0 Å². The Balaban J connectivity index is 1.72. The maximum Gasteiger partial charge on any atom is 0.287 e. The third kappa shape index (κ3) is 4.48. The van der Waals surface area contributed by atoms with E-state index in [4.69, 9.17) is 13.9 Å². The topological polar surface area (TPSA) is 78.5 Å². The Bertz CT molecular complexity index is 1030. The molecule has 3 aromatic rings. The van der Waals surface area contributed by atoms with Gasteiger partial charge in [-0.05, 0) is 67.0 Å². The van der Waals surface area contributed by atoms with Crippen molar-refractivity contribution in [3.63, 3.8) is 0 Å². The van der Waals surface area contributed by atoms with Crippen molar-refractivity contribution in [2.24, 2.45) is 0 Å². The summed E-state index contributed by atoms with van der Waals surface area (Å²) in [5, 5.41) is 7.41. The summed E-state index contributed by atoms with van der Waals surface area (Å²) in [5.74, 6) is 1.96. The number of aromatic nitrogens is 2. The third-order valence-corrected chi connectivity index (χ3v) is 5.88. The number of nitrogens with zero attached hydrogens (tertiary/aromatic N) is 2. The largest absolute Gasteiger partial charge is 0.497 e. The molecular formula is C21H24BrN3O4. The molecule has 1 atom stereocenters. The highest BCUT2D eigenvalue weighted by Crippen LogP contribution is 2.29. The van der Waals surface area contributed by atoms with Gasteiger partial charge in [0.1, 0.15) is 17.3 Å². The van der Waals surface area contributed by atoms with Crippen LogP contribution in [0.15, 0.2) is 39.2 Å². The summed E-state index contributed by atoms with van der Waals surface area (Å²) in [5.41, 5.74) is 2.73. The lowest BCUT2D eigenvalue weighted by Crippen LogP contribution is -2.26. The molecule has 0 saturated heterocycles. The molecule has 1 unspecified atom stereocenters. The third-order valence-electron chi connectivity index (χ3n) is 4.74. The van der Waals surface area contributed by atoms with Crippen LogP contribution in [0.3, 0.4) is 0 Å². The lowest BCUT2D eigenvalue weighted by molar-refractivity contribution is 0.0909. The molecule has 0 aliphatic rings. The van der Waals surface area contributed by atoms with Crippen LogP contribution in [0.4, 0.5) is 0 Å². The number of ether oxygens (including phenoxy) is 2. The van der Waals surface area contributed by atoms with E-state index in [9.17, 15) is 4.79 Å². The molecule has 0 fully saturated rings. The van der Waals surface area contributed by atoms with Crippen LogP contribution in [0, 0.1) is 13.8 Å². The molecule has 1 aromatic carbocycles. The smallest absolute Gasteiger partial charge is 0.287 e. The number of carbonyl (C=O) groups is 1. The van der Waals surface area contributed by atoms with Crippen LogP contribution in [-0.4, -0.2) is 29.9 Å². The lowest BCUT2D eigenvalue weighted by atomic mass is 10.1. The number of hydrogen-bond acceptors (Lipinski definition) is 5. The van der Waals surface area contributed by atoms with Gasteiger partial charge >= 0.3 is 0 Å². The summed E-state index contributed by atoms with van der Waals surface area (Å²) in [6.07, 6.45) is 0.